The molecule has 0 bridgehead atoms. The Balaban J connectivity index is 1.41. The fraction of sp³-hybridized carbons (Fsp3) is 0.458. The van der Waals surface area contributed by atoms with E-state index in [2.05, 4.69) is 0 Å². The van der Waals surface area contributed by atoms with Gasteiger partial charge in [-0.25, -0.2) is 0 Å². The first-order valence-corrected chi connectivity index (χ1v) is 11.9. The third-order valence-corrected chi connectivity index (χ3v) is 7.25. The van der Waals surface area contributed by atoms with Gasteiger partial charge in [-0.2, -0.15) is 0 Å². The molecule has 3 amide bonds. The first-order valence-electron chi connectivity index (χ1n) is 11.1. The number of anilines is 1. The van der Waals surface area contributed by atoms with E-state index in [1.54, 1.807) is 26.8 Å². The summed E-state index contributed by atoms with van der Waals surface area (Å²) in [5.74, 6) is 0.723. The third kappa shape index (κ3) is 4.54. The van der Waals surface area contributed by atoms with E-state index in [-0.39, 0.29) is 30.7 Å². The van der Waals surface area contributed by atoms with Gasteiger partial charge in [-0.15, -0.1) is 11.3 Å². The minimum atomic E-state index is -0.436. The predicted molar refractivity (Wildman–Crippen MR) is 128 cm³/mol. The van der Waals surface area contributed by atoms with Crippen LogP contribution in [0.25, 0.3) is 0 Å². The molecule has 3 heterocycles. The molecule has 0 spiro atoms. The van der Waals surface area contributed by atoms with Gasteiger partial charge in [-0.05, 0) is 19.1 Å². The second-order valence-electron chi connectivity index (χ2n) is 8.32. The summed E-state index contributed by atoms with van der Waals surface area (Å²) >= 11 is 1.48. The van der Waals surface area contributed by atoms with Crippen molar-refractivity contribution in [2.45, 2.75) is 13.3 Å². The van der Waals surface area contributed by atoms with Crippen LogP contribution in [0.5, 0.6) is 17.2 Å². The van der Waals surface area contributed by atoms with E-state index in [1.165, 1.54) is 32.7 Å². The number of rotatable bonds is 6. The zero-order chi connectivity index (χ0) is 24.4. The standard InChI is InChI=1S/C24H29N3O6S/c1-15-5-6-20(34-15)24(30)26-9-7-25(8-10-26)23(29)16-11-21(28)27(14-16)17-12-18(31-2)22(33-4)19(13-17)32-3/h5-6,12-13,16H,7-11,14H2,1-4H3. The molecule has 2 saturated heterocycles. The second kappa shape index (κ2) is 9.92. The van der Waals surface area contributed by atoms with Crippen molar-refractivity contribution in [3.05, 3.63) is 34.0 Å². The van der Waals surface area contributed by atoms with Crippen LogP contribution in [0.15, 0.2) is 24.3 Å². The molecule has 2 aromatic rings. The summed E-state index contributed by atoms with van der Waals surface area (Å²) in [6.07, 6.45) is 0.142. The molecule has 1 aromatic carbocycles. The lowest BCUT2D eigenvalue weighted by Gasteiger charge is -2.35. The van der Waals surface area contributed by atoms with E-state index in [0.29, 0.717) is 49.1 Å². The van der Waals surface area contributed by atoms with Gasteiger partial charge in [-0.1, -0.05) is 0 Å². The minimum absolute atomic E-state index is 0.00909. The van der Waals surface area contributed by atoms with Crippen LogP contribution in [0.3, 0.4) is 0 Å². The Morgan fingerprint density at radius 1 is 0.941 bits per heavy atom. The summed E-state index contributed by atoms with van der Waals surface area (Å²) in [4.78, 5) is 45.7. The van der Waals surface area contributed by atoms with Crippen LogP contribution in [-0.4, -0.2) is 81.6 Å². The minimum Gasteiger partial charge on any atom is -0.493 e. The summed E-state index contributed by atoms with van der Waals surface area (Å²) in [7, 11) is 4.55. The monoisotopic (exact) mass is 487 g/mol. The Kier molecular flexibility index (Phi) is 6.97. The summed E-state index contributed by atoms with van der Waals surface area (Å²) in [6.45, 7) is 4.15. The fourth-order valence-electron chi connectivity index (χ4n) is 4.44. The zero-order valence-electron chi connectivity index (χ0n) is 19.8. The van der Waals surface area contributed by atoms with Gasteiger partial charge in [-0.3, -0.25) is 14.4 Å². The number of hydrogen-bond acceptors (Lipinski definition) is 7. The number of methoxy groups -OCH3 is 3. The van der Waals surface area contributed by atoms with Crippen LogP contribution in [0.4, 0.5) is 5.69 Å². The number of carbonyl (C=O) groups is 3. The van der Waals surface area contributed by atoms with E-state index in [9.17, 15) is 14.4 Å². The lowest BCUT2D eigenvalue weighted by Crippen LogP contribution is -2.52. The maximum absolute atomic E-state index is 13.2. The average Bonchev–Trinajstić information content (AvgIpc) is 3.47. The third-order valence-electron chi connectivity index (χ3n) is 6.27. The number of amides is 3. The predicted octanol–water partition coefficient (Wildman–Crippen LogP) is 2.42. The van der Waals surface area contributed by atoms with Crippen LogP contribution < -0.4 is 19.1 Å². The van der Waals surface area contributed by atoms with Crippen molar-refractivity contribution in [3.8, 4) is 17.2 Å². The van der Waals surface area contributed by atoms with Crippen LogP contribution in [0.2, 0.25) is 0 Å². The molecule has 182 valence electrons. The second-order valence-corrected chi connectivity index (χ2v) is 9.60. The smallest absolute Gasteiger partial charge is 0.264 e. The average molecular weight is 488 g/mol. The number of aryl methyl sites for hydroxylation is 1. The van der Waals surface area contributed by atoms with E-state index in [1.807, 2.05) is 19.1 Å². The van der Waals surface area contributed by atoms with Crippen molar-refractivity contribution in [1.82, 2.24) is 9.80 Å². The van der Waals surface area contributed by atoms with Gasteiger partial charge in [0, 0.05) is 56.2 Å². The molecule has 1 aromatic heterocycles. The van der Waals surface area contributed by atoms with Gasteiger partial charge in [0.1, 0.15) is 0 Å². The maximum Gasteiger partial charge on any atom is 0.264 e. The molecule has 9 nitrogen and oxygen atoms in total. The number of nitrogens with zero attached hydrogens (tertiary/aromatic N) is 3. The van der Waals surface area contributed by atoms with Crippen LogP contribution in [-0.2, 0) is 9.59 Å². The van der Waals surface area contributed by atoms with E-state index < -0.39 is 5.92 Å². The Labute approximate surface area is 202 Å². The van der Waals surface area contributed by atoms with Gasteiger partial charge in [0.15, 0.2) is 11.5 Å². The molecule has 1 atom stereocenters. The lowest BCUT2D eigenvalue weighted by atomic mass is 10.1. The van der Waals surface area contributed by atoms with E-state index >= 15 is 0 Å². The molecule has 0 aliphatic carbocycles. The highest BCUT2D eigenvalue weighted by atomic mass is 32.1. The molecule has 0 N–H and O–H groups in total. The molecule has 2 aliphatic rings. The number of benzene rings is 1. The number of piperazine rings is 1. The summed E-state index contributed by atoms with van der Waals surface area (Å²) < 4.78 is 16.1. The van der Waals surface area contributed by atoms with Crippen molar-refractivity contribution in [2.24, 2.45) is 5.92 Å². The number of ether oxygens (including phenoxy) is 3. The van der Waals surface area contributed by atoms with Crippen molar-refractivity contribution in [3.63, 3.8) is 0 Å². The van der Waals surface area contributed by atoms with Gasteiger partial charge >= 0.3 is 0 Å². The fourth-order valence-corrected chi connectivity index (χ4v) is 5.27. The van der Waals surface area contributed by atoms with Crippen LogP contribution >= 0.6 is 11.3 Å². The Hall–Kier alpha value is -3.27. The summed E-state index contributed by atoms with van der Waals surface area (Å²) in [5, 5.41) is 0. The normalized spacial score (nSPS) is 18.3. The van der Waals surface area contributed by atoms with Crippen LogP contribution in [0.1, 0.15) is 21.0 Å². The van der Waals surface area contributed by atoms with E-state index in [0.717, 1.165) is 9.75 Å². The topological polar surface area (TPSA) is 88.6 Å². The SMILES string of the molecule is COc1cc(N2CC(C(=O)N3CCN(C(=O)c4ccc(C)s4)CC3)CC2=O)cc(OC)c1OC. The van der Waals surface area contributed by atoms with Gasteiger partial charge in [0.2, 0.25) is 17.6 Å². The Bertz CT molecular complexity index is 1070. The van der Waals surface area contributed by atoms with Crippen molar-refractivity contribution in [2.75, 3.05) is 59.0 Å². The largest absolute Gasteiger partial charge is 0.493 e. The molecule has 2 aliphatic heterocycles. The summed E-state index contributed by atoms with van der Waals surface area (Å²) in [5.41, 5.74) is 0.594. The zero-order valence-corrected chi connectivity index (χ0v) is 20.6. The Morgan fingerprint density at radius 2 is 1.56 bits per heavy atom. The molecule has 2 fully saturated rings. The molecule has 10 heteroatoms. The molecule has 4 rings (SSSR count). The van der Waals surface area contributed by atoms with E-state index in [4.69, 9.17) is 14.2 Å². The molecule has 0 saturated carbocycles. The highest BCUT2D eigenvalue weighted by molar-refractivity contribution is 7.13. The maximum atomic E-state index is 13.2. The van der Waals surface area contributed by atoms with Gasteiger partial charge in [0.25, 0.3) is 5.91 Å². The lowest BCUT2D eigenvalue weighted by molar-refractivity contribution is -0.137. The number of carbonyl (C=O) groups excluding carboxylic acids is 3. The highest BCUT2D eigenvalue weighted by Crippen LogP contribution is 2.42. The number of thiophene rings is 1. The highest BCUT2D eigenvalue weighted by Gasteiger charge is 2.39. The van der Waals surface area contributed by atoms with Gasteiger partial charge in [0.05, 0.1) is 37.8 Å². The molecule has 1 unspecified atom stereocenters. The van der Waals surface area contributed by atoms with Gasteiger partial charge < -0.3 is 28.9 Å². The quantitative estimate of drug-likeness (QED) is 0.622. The van der Waals surface area contributed by atoms with Crippen molar-refractivity contribution < 1.29 is 28.6 Å². The van der Waals surface area contributed by atoms with Crippen LogP contribution in [0, 0.1) is 12.8 Å². The summed E-state index contributed by atoms with van der Waals surface area (Å²) in [6, 6.07) is 7.21. The first-order chi connectivity index (χ1) is 16.4. The molecular weight excluding hydrogens is 458 g/mol. The molecular formula is C24H29N3O6S. The number of hydrogen-bond donors (Lipinski definition) is 0. The first kappa shape index (κ1) is 23.9. The Morgan fingerprint density at radius 3 is 2.09 bits per heavy atom. The van der Waals surface area contributed by atoms with Crippen molar-refractivity contribution in [1.29, 1.82) is 0 Å². The molecule has 34 heavy (non-hydrogen) atoms. The van der Waals surface area contributed by atoms with Crippen molar-refractivity contribution >= 4 is 34.7 Å². The molecule has 0 radical (unpaired) electrons.